The molecule has 1 atom stereocenters. The number of halogens is 1. The number of methoxy groups -OCH3 is 1. The Hall–Kier alpha value is -0.580. The molecule has 0 spiro atoms. The van der Waals surface area contributed by atoms with Crippen molar-refractivity contribution in [2.75, 3.05) is 13.7 Å². The summed E-state index contributed by atoms with van der Waals surface area (Å²) in [5.41, 5.74) is 0.974. The zero-order valence-electron chi connectivity index (χ0n) is 9.32. The van der Waals surface area contributed by atoms with Crippen molar-refractivity contribution >= 4 is 15.9 Å². The summed E-state index contributed by atoms with van der Waals surface area (Å²) in [5, 5.41) is 18.4. The lowest BCUT2D eigenvalue weighted by molar-refractivity contribution is 0.149. The van der Waals surface area contributed by atoms with Crippen molar-refractivity contribution in [3.05, 3.63) is 28.2 Å². The molecular formula is C12H17BrO3. The molecule has 90 valence electrons. The average molecular weight is 289 g/mol. The lowest BCUT2D eigenvalue weighted by atomic mass is 10.0. The maximum atomic E-state index is 9.76. The molecule has 1 aromatic rings. The number of aliphatic hydroxyl groups excluding tert-OH is 2. The minimum atomic E-state index is -0.435. The first-order valence-corrected chi connectivity index (χ1v) is 6.08. The standard InChI is InChI=1S/C12H17BrO3/c1-16-12-5-4-10(13)7-9(12)8-11(15)3-2-6-14/h4-5,7,11,14-15H,2-3,6,8H2,1H3. The van der Waals surface area contributed by atoms with E-state index in [1.807, 2.05) is 18.2 Å². The summed E-state index contributed by atoms with van der Waals surface area (Å²) in [5.74, 6) is 0.784. The van der Waals surface area contributed by atoms with Gasteiger partial charge in [0, 0.05) is 17.5 Å². The van der Waals surface area contributed by atoms with E-state index in [0.717, 1.165) is 15.8 Å². The van der Waals surface area contributed by atoms with Gasteiger partial charge in [-0.1, -0.05) is 15.9 Å². The average Bonchev–Trinajstić information content (AvgIpc) is 2.27. The largest absolute Gasteiger partial charge is 0.496 e. The number of hydrogen-bond donors (Lipinski definition) is 2. The Kier molecular flexibility index (Phi) is 5.80. The zero-order chi connectivity index (χ0) is 12.0. The lowest BCUT2D eigenvalue weighted by Gasteiger charge is -2.13. The number of benzene rings is 1. The lowest BCUT2D eigenvalue weighted by Crippen LogP contribution is -2.11. The Morgan fingerprint density at radius 1 is 1.44 bits per heavy atom. The summed E-state index contributed by atoms with van der Waals surface area (Å²) in [6, 6.07) is 5.72. The first kappa shape index (κ1) is 13.5. The molecular weight excluding hydrogens is 272 g/mol. The Bertz CT molecular complexity index is 328. The van der Waals surface area contributed by atoms with Gasteiger partial charge >= 0.3 is 0 Å². The van der Waals surface area contributed by atoms with E-state index >= 15 is 0 Å². The fourth-order valence-electron chi connectivity index (χ4n) is 1.59. The molecule has 3 nitrogen and oxygen atoms in total. The SMILES string of the molecule is COc1ccc(Br)cc1CC(O)CCCO. The van der Waals surface area contributed by atoms with Gasteiger partial charge in [-0.3, -0.25) is 0 Å². The maximum absolute atomic E-state index is 9.76. The van der Waals surface area contributed by atoms with Crippen LogP contribution in [0.1, 0.15) is 18.4 Å². The molecule has 0 saturated carbocycles. The smallest absolute Gasteiger partial charge is 0.122 e. The van der Waals surface area contributed by atoms with E-state index in [1.54, 1.807) is 7.11 Å². The van der Waals surface area contributed by atoms with Crippen LogP contribution in [0.15, 0.2) is 22.7 Å². The Labute approximate surface area is 104 Å². The topological polar surface area (TPSA) is 49.7 Å². The van der Waals surface area contributed by atoms with E-state index in [1.165, 1.54) is 0 Å². The summed E-state index contributed by atoms with van der Waals surface area (Å²) in [6.07, 6.45) is 1.34. The van der Waals surface area contributed by atoms with Crippen molar-refractivity contribution in [3.63, 3.8) is 0 Å². The molecule has 0 radical (unpaired) electrons. The zero-order valence-corrected chi connectivity index (χ0v) is 10.9. The Balaban J connectivity index is 2.67. The van der Waals surface area contributed by atoms with Crippen LogP contribution >= 0.6 is 15.9 Å². The van der Waals surface area contributed by atoms with Crippen molar-refractivity contribution in [2.24, 2.45) is 0 Å². The highest BCUT2D eigenvalue weighted by Crippen LogP contribution is 2.24. The molecule has 0 aliphatic rings. The van der Waals surface area contributed by atoms with Gasteiger partial charge in [0.1, 0.15) is 5.75 Å². The van der Waals surface area contributed by atoms with Crippen LogP contribution in [0.4, 0.5) is 0 Å². The molecule has 1 aromatic carbocycles. The fraction of sp³-hybridized carbons (Fsp3) is 0.500. The molecule has 1 unspecified atom stereocenters. The van der Waals surface area contributed by atoms with Crippen LogP contribution in [0, 0.1) is 0 Å². The first-order valence-electron chi connectivity index (χ1n) is 5.28. The van der Waals surface area contributed by atoms with Gasteiger partial charge in [-0.15, -0.1) is 0 Å². The number of ether oxygens (including phenoxy) is 1. The van der Waals surface area contributed by atoms with Crippen LogP contribution in [0.2, 0.25) is 0 Å². The Morgan fingerprint density at radius 3 is 2.81 bits per heavy atom. The minimum absolute atomic E-state index is 0.118. The summed E-state index contributed by atoms with van der Waals surface area (Å²) < 4.78 is 6.19. The molecule has 0 heterocycles. The van der Waals surface area contributed by atoms with Crippen molar-refractivity contribution in [2.45, 2.75) is 25.4 Å². The molecule has 0 aromatic heterocycles. The second-order valence-electron chi connectivity index (χ2n) is 3.68. The minimum Gasteiger partial charge on any atom is -0.496 e. The molecule has 0 amide bonds. The molecule has 2 N–H and O–H groups in total. The van der Waals surface area contributed by atoms with Crippen molar-refractivity contribution in [1.29, 1.82) is 0 Å². The summed E-state index contributed by atoms with van der Waals surface area (Å²) >= 11 is 3.39. The highest BCUT2D eigenvalue weighted by molar-refractivity contribution is 9.10. The summed E-state index contributed by atoms with van der Waals surface area (Å²) in [6.45, 7) is 0.118. The van der Waals surface area contributed by atoms with Crippen molar-refractivity contribution < 1.29 is 14.9 Å². The summed E-state index contributed by atoms with van der Waals surface area (Å²) in [4.78, 5) is 0. The van der Waals surface area contributed by atoms with Crippen LogP contribution in [0.5, 0.6) is 5.75 Å². The van der Waals surface area contributed by atoms with E-state index in [2.05, 4.69) is 15.9 Å². The van der Waals surface area contributed by atoms with E-state index < -0.39 is 6.10 Å². The van der Waals surface area contributed by atoms with Crippen LogP contribution in [-0.4, -0.2) is 30.0 Å². The Morgan fingerprint density at radius 2 is 2.19 bits per heavy atom. The van der Waals surface area contributed by atoms with Gasteiger partial charge in [0.05, 0.1) is 13.2 Å². The van der Waals surface area contributed by atoms with E-state index in [4.69, 9.17) is 9.84 Å². The summed E-state index contributed by atoms with van der Waals surface area (Å²) in [7, 11) is 1.62. The van der Waals surface area contributed by atoms with E-state index in [0.29, 0.717) is 19.3 Å². The van der Waals surface area contributed by atoms with E-state index in [9.17, 15) is 5.11 Å². The van der Waals surface area contributed by atoms with Gasteiger partial charge in [0.25, 0.3) is 0 Å². The third-order valence-corrected chi connectivity index (χ3v) is 2.89. The molecule has 0 saturated heterocycles. The van der Waals surface area contributed by atoms with Crippen LogP contribution in [0.3, 0.4) is 0 Å². The van der Waals surface area contributed by atoms with Gasteiger partial charge in [0.2, 0.25) is 0 Å². The van der Waals surface area contributed by atoms with Gasteiger partial charge in [-0.25, -0.2) is 0 Å². The highest BCUT2D eigenvalue weighted by atomic mass is 79.9. The third kappa shape index (κ3) is 4.12. The number of aliphatic hydroxyl groups is 2. The fourth-order valence-corrected chi connectivity index (χ4v) is 2.00. The highest BCUT2D eigenvalue weighted by Gasteiger charge is 2.10. The molecule has 0 aliphatic carbocycles. The first-order chi connectivity index (χ1) is 7.67. The second kappa shape index (κ2) is 6.89. The van der Waals surface area contributed by atoms with Crippen LogP contribution in [0.25, 0.3) is 0 Å². The third-order valence-electron chi connectivity index (χ3n) is 2.39. The monoisotopic (exact) mass is 288 g/mol. The van der Waals surface area contributed by atoms with Crippen molar-refractivity contribution in [1.82, 2.24) is 0 Å². The number of rotatable bonds is 6. The molecule has 0 fully saturated rings. The number of hydrogen-bond acceptors (Lipinski definition) is 3. The second-order valence-corrected chi connectivity index (χ2v) is 4.60. The van der Waals surface area contributed by atoms with Gasteiger partial charge in [0.15, 0.2) is 0 Å². The van der Waals surface area contributed by atoms with Gasteiger partial charge in [-0.05, 0) is 36.6 Å². The quantitative estimate of drug-likeness (QED) is 0.843. The molecule has 4 heteroatoms. The van der Waals surface area contributed by atoms with Crippen LogP contribution < -0.4 is 4.74 Å². The van der Waals surface area contributed by atoms with Gasteiger partial charge < -0.3 is 14.9 Å². The van der Waals surface area contributed by atoms with Crippen molar-refractivity contribution in [3.8, 4) is 5.75 Å². The normalized spacial score (nSPS) is 12.5. The molecule has 0 bridgehead atoms. The van der Waals surface area contributed by atoms with Gasteiger partial charge in [-0.2, -0.15) is 0 Å². The van der Waals surface area contributed by atoms with Crippen LogP contribution in [-0.2, 0) is 6.42 Å². The predicted octanol–water partition coefficient (Wildman–Crippen LogP) is 2.13. The molecule has 16 heavy (non-hydrogen) atoms. The maximum Gasteiger partial charge on any atom is 0.122 e. The molecule has 0 aliphatic heterocycles. The molecule has 1 rings (SSSR count). The van der Waals surface area contributed by atoms with E-state index in [-0.39, 0.29) is 6.61 Å². The predicted molar refractivity (Wildman–Crippen MR) is 66.7 cm³/mol.